The first-order valence-electron chi connectivity index (χ1n) is 7.67. The third-order valence-corrected chi connectivity index (χ3v) is 4.46. The molecule has 2 rings (SSSR count). The van der Waals surface area contributed by atoms with E-state index in [4.69, 9.17) is 0 Å². The summed E-state index contributed by atoms with van der Waals surface area (Å²) in [5.74, 6) is -0.390. The SMILES string of the molecule is C/C(=C/C(=O)NCCCCc1nc(C)cs1)c1ccc(F)cc1. The van der Waals surface area contributed by atoms with Gasteiger partial charge in [-0.15, -0.1) is 11.3 Å². The Morgan fingerprint density at radius 3 is 2.70 bits per heavy atom. The Bertz CT molecular complexity index is 677. The molecule has 1 heterocycles. The number of unbranched alkanes of at least 4 members (excludes halogenated alkanes) is 1. The quantitative estimate of drug-likeness (QED) is 0.612. The van der Waals surface area contributed by atoms with E-state index < -0.39 is 0 Å². The molecule has 23 heavy (non-hydrogen) atoms. The highest BCUT2D eigenvalue weighted by Gasteiger charge is 2.02. The zero-order valence-electron chi connectivity index (χ0n) is 13.4. The molecule has 3 nitrogen and oxygen atoms in total. The van der Waals surface area contributed by atoms with Crippen LogP contribution < -0.4 is 5.32 Å². The number of carbonyl (C=O) groups is 1. The van der Waals surface area contributed by atoms with Gasteiger partial charge in [0.2, 0.25) is 5.91 Å². The number of hydrogen-bond donors (Lipinski definition) is 1. The van der Waals surface area contributed by atoms with Crippen LogP contribution in [0.15, 0.2) is 35.7 Å². The molecule has 1 aromatic carbocycles. The summed E-state index contributed by atoms with van der Waals surface area (Å²) in [5.41, 5.74) is 2.74. The number of halogens is 1. The average Bonchev–Trinajstić information content (AvgIpc) is 2.93. The first-order valence-corrected chi connectivity index (χ1v) is 8.55. The molecule has 0 aliphatic rings. The van der Waals surface area contributed by atoms with Gasteiger partial charge in [-0.05, 0) is 56.4 Å². The molecule has 0 spiro atoms. The van der Waals surface area contributed by atoms with Gasteiger partial charge in [0.15, 0.2) is 0 Å². The van der Waals surface area contributed by atoms with Crippen molar-refractivity contribution in [3.8, 4) is 0 Å². The van der Waals surface area contributed by atoms with Crippen LogP contribution in [0.3, 0.4) is 0 Å². The summed E-state index contributed by atoms with van der Waals surface area (Å²) in [6.07, 6.45) is 4.44. The molecule has 1 N–H and O–H groups in total. The third kappa shape index (κ3) is 5.94. The van der Waals surface area contributed by atoms with Crippen LogP contribution in [0.4, 0.5) is 4.39 Å². The summed E-state index contributed by atoms with van der Waals surface area (Å²) < 4.78 is 12.9. The van der Waals surface area contributed by atoms with Crippen LogP contribution in [0.1, 0.15) is 36.0 Å². The molecule has 1 aromatic heterocycles. The van der Waals surface area contributed by atoms with Gasteiger partial charge in [-0.25, -0.2) is 9.37 Å². The van der Waals surface area contributed by atoms with Crippen molar-refractivity contribution in [2.75, 3.05) is 6.54 Å². The fourth-order valence-electron chi connectivity index (χ4n) is 2.17. The lowest BCUT2D eigenvalue weighted by Gasteiger charge is -2.04. The number of hydrogen-bond acceptors (Lipinski definition) is 3. The van der Waals surface area contributed by atoms with E-state index in [0.29, 0.717) is 6.54 Å². The number of thiazole rings is 1. The Labute approximate surface area is 140 Å². The lowest BCUT2D eigenvalue weighted by Crippen LogP contribution is -2.22. The average molecular weight is 332 g/mol. The number of aromatic nitrogens is 1. The molecule has 0 saturated carbocycles. The number of nitrogens with zero attached hydrogens (tertiary/aromatic N) is 1. The zero-order valence-corrected chi connectivity index (χ0v) is 14.3. The van der Waals surface area contributed by atoms with Crippen molar-refractivity contribution in [1.82, 2.24) is 10.3 Å². The third-order valence-electron chi connectivity index (χ3n) is 3.43. The number of nitrogens with one attached hydrogen (secondary N) is 1. The van der Waals surface area contributed by atoms with Gasteiger partial charge in [-0.1, -0.05) is 12.1 Å². The lowest BCUT2D eigenvalue weighted by molar-refractivity contribution is -0.116. The summed E-state index contributed by atoms with van der Waals surface area (Å²) >= 11 is 1.69. The molecule has 2 aromatic rings. The second-order valence-corrected chi connectivity index (χ2v) is 6.41. The molecule has 1 amide bonds. The molecule has 0 saturated heterocycles. The van der Waals surface area contributed by atoms with Crippen molar-refractivity contribution < 1.29 is 9.18 Å². The van der Waals surface area contributed by atoms with Crippen LogP contribution in [-0.4, -0.2) is 17.4 Å². The first-order chi connectivity index (χ1) is 11.0. The van der Waals surface area contributed by atoms with Crippen molar-refractivity contribution >= 4 is 22.8 Å². The van der Waals surface area contributed by atoms with Crippen molar-refractivity contribution in [1.29, 1.82) is 0 Å². The van der Waals surface area contributed by atoms with Gasteiger partial charge >= 0.3 is 0 Å². The van der Waals surface area contributed by atoms with Crippen molar-refractivity contribution in [3.63, 3.8) is 0 Å². The second-order valence-electron chi connectivity index (χ2n) is 5.47. The van der Waals surface area contributed by atoms with Crippen molar-refractivity contribution in [2.45, 2.75) is 33.1 Å². The van der Waals surface area contributed by atoms with E-state index in [1.807, 2.05) is 13.8 Å². The van der Waals surface area contributed by atoms with Crippen LogP contribution >= 0.6 is 11.3 Å². The van der Waals surface area contributed by atoms with E-state index in [1.54, 1.807) is 29.5 Å². The maximum absolute atomic E-state index is 12.9. The van der Waals surface area contributed by atoms with E-state index in [9.17, 15) is 9.18 Å². The number of allylic oxidation sites excluding steroid dienone is 1. The second kappa shape index (κ2) is 8.58. The Balaban J connectivity index is 1.70. The highest BCUT2D eigenvalue weighted by molar-refractivity contribution is 7.09. The van der Waals surface area contributed by atoms with Gasteiger partial charge in [0, 0.05) is 23.7 Å². The lowest BCUT2D eigenvalue weighted by atomic mass is 10.1. The van der Waals surface area contributed by atoms with Crippen molar-refractivity contribution in [3.05, 3.63) is 57.8 Å². The Morgan fingerprint density at radius 1 is 1.30 bits per heavy atom. The molecule has 0 fully saturated rings. The topological polar surface area (TPSA) is 42.0 Å². The number of amides is 1. The van der Waals surface area contributed by atoms with Gasteiger partial charge in [0.05, 0.1) is 5.01 Å². The molecule has 0 radical (unpaired) electrons. The number of carbonyl (C=O) groups excluding carboxylic acids is 1. The molecule has 0 bridgehead atoms. The molecule has 0 unspecified atom stereocenters. The van der Waals surface area contributed by atoms with Crippen LogP contribution in [0.5, 0.6) is 0 Å². The van der Waals surface area contributed by atoms with E-state index in [2.05, 4.69) is 15.7 Å². The summed E-state index contributed by atoms with van der Waals surface area (Å²) in [7, 11) is 0. The normalized spacial score (nSPS) is 11.5. The minimum atomic E-state index is -0.276. The molecule has 5 heteroatoms. The standard InChI is InChI=1S/C18H21FN2OS/c1-13(15-6-8-16(19)9-7-15)11-17(22)20-10-4-3-5-18-21-14(2)12-23-18/h6-9,11-12H,3-5,10H2,1-2H3,(H,20,22)/b13-11-. The fraction of sp³-hybridized carbons (Fsp3) is 0.333. The van der Waals surface area contributed by atoms with E-state index in [-0.39, 0.29) is 11.7 Å². The van der Waals surface area contributed by atoms with Gasteiger partial charge < -0.3 is 5.32 Å². The number of aryl methyl sites for hydroxylation is 2. The van der Waals surface area contributed by atoms with Crippen LogP contribution in [0.25, 0.3) is 5.57 Å². The van der Waals surface area contributed by atoms with Gasteiger partial charge in [0.25, 0.3) is 0 Å². The highest BCUT2D eigenvalue weighted by Crippen LogP contribution is 2.14. The molecule has 122 valence electrons. The molecular formula is C18H21FN2OS. The van der Waals surface area contributed by atoms with Crippen molar-refractivity contribution in [2.24, 2.45) is 0 Å². The zero-order chi connectivity index (χ0) is 16.7. The number of benzene rings is 1. The predicted octanol–water partition coefficient (Wildman–Crippen LogP) is 4.13. The Morgan fingerprint density at radius 2 is 2.04 bits per heavy atom. The largest absolute Gasteiger partial charge is 0.353 e. The Hall–Kier alpha value is -2.01. The number of rotatable bonds is 7. The van der Waals surface area contributed by atoms with E-state index >= 15 is 0 Å². The monoisotopic (exact) mass is 332 g/mol. The molecule has 0 atom stereocenters. The van der Waals surface area contributed by atoms with Gasteiger partial charge in [0.1, 0.15) is 5.82 Å². The first kappa shape index (κ1) is 17.3. The van der Waals surface area contributed by atoms with Crippen LogP contribution in [0, 0.1) is 12.7 Å². The maximum atomic E-state index is 12.9. The van der Waals surface area contributed by atoms with Crippen LogP contribution in [-0.2, 0) is 11.2 Å². The summed E-state index contributed by atoms with van der Waals surface area (Å²) in [5, 5.41) is 6.09. The summed E-state index contributed by atoms with van der Waals surface area (Å²) in [6, 6.07) is 6.13. The minimum absolute atomic E-state index is 0.114. The summed E-state index contributed by atoms with van der Waals surface area (Å²) in [6.45, 7) is 4.49. The molecule has 0 aliphatic heterocycles. The fourth-order valence-corrected chi connectivity index (χ4v) is 2.99. The Kier molecular flexibility index (Phi) is 6.47. The highest BCUT2D eigenvalue weighted by atomic mass is 32.1. The van der Waals surface area contributed by atoms with E-state index in [0.717, 1.165) is 41.1 Å². The van der Waals surface area contributed by atoms with Gasteiger partial charge in [-0.3, -0.25) is 4.79 Å². The van der Waals surface area contributed by atoms with Gasteiger partial charge in [-0.2, -0.15) is 0 Å². The minimum Gasteiger partial charge on any atom is -0.353 e. The summed E-state index contributed by atoms with van der Waals surface area (Å²) in [4.78, 5) is 16.3. The van der Waals surface area contributed by atoms with E-state index in [1.165, 1.54) is 12.1 Å². The predicted molar refractivity (Wildman–Crippen MR) is 92.8 cm³/mol. The molecular weight excluding hydrogens is 311 g/mol. The smallest absolute Gasteiger partial charge is 0.244 e. The molecule has 0 aliphatic carbocycles. The maximum Gasteiger partial charge on any atom is 0.244 e. The van der Waals surface area contributed by atoms with Crippen LogP contribution in [0.2, 0.25) is 0 Å².